The Bertz CT molecular complexity index is 874. The molecule has 5 heteroatoms. The number of anilines is 1. The van der Waals surface area contributed by atoms with Gasteiger partial charge < -0.3 is 10.6 Å². The number of rotatable bonds is 6. The Kier molecular flexibility index (Phi) is 6.03. The van der Waals surface area contributed by atoms with E-state index in [1.807, 2.05) is 54.4 Å². The number of likely N-dealkylation sites (tertiary alicyclic amines) is 1. The minimum atomic E-state index is 0.203. The van der Waals surface area contributed by atoms with Gasteiger partial charge in [-0.3, -0.25) is 4.79 Å². The molecular weight excluding hydrogens is 358 g/mol. The Morgan fingerprint density at radius 2 is 2.11 bits per heavy atom. The van der Waals surface area contributed by atoms with Gasteiger partial charge >= 0.3 is 0 Å². The fraction of sp³-hybridized carbons (Fsp3) is 0.364. The molecule has 1 aliphatic heterocycles. The van der Waals surface area contributed by atoms with Gasteiger partial charge in [-0.25, -0.2) is 0 Å². The molecule has 1 saturated heterocycles. The number of halogens is 1. The summed E-state index contributed by atoms with van der Waals surface area (Å²) in [5.41, 5.74) is 9.31. The first kappa shape index (κ1) is 19.3. The van der Waals surface area contributed by atoms with Gasteiger partial charge in [0, 0.05) is 20.0 Å². The molecule has 1 aliphatic rings. The second-order valence-electron chi connectivity index (χ2n) is 7.37. The summed E-state index contributed by atoms with van der Waals surface area (Å²) in [7, 11) is 1.86. The lowest BCUT2D eigenvalue weighted by Gasteiger charge is -2.24. The molecule has 2 aromatic carbocycles. The highest BCUT2D eigenvalue weighted by molar-refractivity contribution is 6.33. The Labute approximate surface area is 165 Å². The number of nitriles is 1. The lowest BCUT2D eigenvalue weighted by molar-refractivity contribution is -0.126. The average molecular weight is 382 g/mol. The molecule has 0 bridgehead atoms. The Morgan fingerprint density at radius 1 is 1.33 bits per heavy atom. The van der Waals surface area contributed by atoms with E-state index in [1.54, 1.807) is 0 Å². The van der Waals surface area contributed by atoms with E-state index in [2.05, 4.69) is 6.07 Å². The van der Waals surface area contributed by atoms with Crippen molar-refractivity contribution in [3.05, 3.63) is 64.2 Å². The Morgan fingerprint density at radius 3 is 2.78 bits per heavy atom. The van der Waals surface area contributed by atoms with Crippen LogP contribution in [0.25, 0.3) is 0 Å². The van der Waals surface area contributed by atoms with Crippen LogP contribution in [0.3, 0.4) is 0 Å². The summed E-state index contributed by atoms with van der Waals surface area (Å²) in [5.74, 6) is 0.831. The summed E-state index contributed by atoms with van der Waals surface area (Å²) in [6.45, 7) is 0.778. The maximum absolute atomic E-state index is 12.1. The van der Waals surface area contributed by atoms with Crippen molar-refractivity contribution in [2.75, 3.05) is 19.3 Å². The van der Waals surface area contributed by atoms with Crippen LogP contribution in [0.4, 0.5) is 5.69 Å². The first-order valence-electron chi connectivity index (χ1n) is 9.23. The number of benzene rings is 2. The van der Waals surface area contributed by atoms with E-state index in [0.717, 1.165) is 42.5 Å². The van der Waals surface area contributed by atoms with Crippen molar-refractivity contribution in [2.45, 2.75) is 25.7 Å². The summed E-state index contributed by atoms with van der Waals surface area (Å²) in [4.78, 5) is 13.9. The minimum Gasteiger partial charge on any atom is -0.398 e. The molecule has 2 aromatic rings. The number of nitrogens with two attached hydrogens (primary N) is 1. The van der Waals surface area contributed by atoms with Crippen LogP contribution in [-0.4, -0.2) is 24.4 Å². The van der Waals surface area contributed by atoms with Crippen molar-refractivity contribution in [2.24, 2.45) is 11.8 Å². The van der Waals surface area contributed by atoms with Gasteiger partial charge in [0.15, 0.2) is 0 Å². The normalized spacial score (nSPS) is 17.7. The van der Waals surface area contributed by atoms with Gasteiger partial charge in [-0.05, 0) is 60.4 Å². The molecule has 1 unspecified atom stereocenters. The molecule has 4 nitrogen and oxygen atoms in total. The van der Waals surface area contributed by atoms with Crippen molar-refractivity contribution in [1.29, 1.82) is 5.26 Å². The Hall–Kier alpha value is -2.51. The first-order valence-corrected chi connectivity index (χ1v) is 9.61. The maximum Gasteiger partial charge on any atom is 0.222 e. The van der Waals surface area contributed by atoms with Crippen LogP contribution < -0.4 is 5.73 Å². The fourth-order valence-corrected chi connectivity index (χ4v) is 4.09. The molecule has 2 atom stereocenters. The van der Waals surface area contributed by atoms with Crippen LogP contribution in [-0.2, 0) is 17.6 Å². The van der Waals surface area contributed by atoms with E-state index in [-0.39, 0.29) is 5.91 Å². The molecule has 0 saturated carbocycles. The van der Waals surface area contributed by atoms with Crippen molar-refractivity contribution < 1.29 is 4.79 Å². The number of carbonyl (C=O) groups excluding carboxylic acids is 1. The second kappa shape index (κ2) is 8.45. The molecule has 2 N–H and O–H groups in total. The number of carbonyl (C=O) groups is 1. The van der Waals surface area contributed by atoms with Gasteiger partial charge in [-0.1, -0.05) is 35.9 Å². The maximum atomic E-state index is 12.1. The molecule has 0 radical (unpaired) electrons. The summed E-state index contributed by atoms with van der Waals surface area (Å²) in [6.07, 6.45) is 3.19. The Balaban J connectivity index is 1.78. The van der Waals surface area contributed by atoms with Crippen LogP contribution in [0.2, 0.25) is 5.02 Å². The number of nitrogens with zero attached hydrogens (tertiary/aromatic N) is 2. The molecular formula is C22H24ClN3O. The van der Waals surface area contributed by atoms with Gasteiger partial charge in [0.25, 0.3) is 0 Å². The minimum absolute atomic E-state index is 0.203. The van der Waals surface area contributed by atoms with E-state index in [9.17, 15) is 10.1 Å². The zero-order valence-electron chi connectivity index (χ0n) is 15.5. The fourth-order valence-electron chi connectivity index (χ4n) is 3.89. The molecule has 0 aromatic heterocycles. The first-order chi connectivity index (χ1) is 13.0. The van der Waals surface area contributed by atoms with E-state index < -0.39 is 0 Å². The van der Waals surface area contributed by atoms with E-state index in [1.165, 1.54) is 0 Å². The SMILES string of the molecule is CN1C[C@@H](C(CCc2ccc(N)c(Cl)c2)Cc2ccccc2C#N)CC1=O. The van der Waals surface area contributed by atoms with E-state index in [0.29, 0.717) is 29.0 Å². The molecule has 27 heavy (non-hydrogen) atoms. The predicted octanol–water partition coefficient (Wildman–Crippen LogP) is 4.06. The topological polar surface area (TPSA) is 70.1 Å². The van der Waals surface area contributed by atoms with Gasteiger partial charge in [-0.15, -0.1) is 0 Å². The zero-order chi connectivity index (χ0) is 19.4. The highest BCUT2D eigenvalue weighted by atomic mass is 35.5. The number of nitrogen functional groups attached to an aromatic ring is 1. The lowest BCUT2D eigenvalue weighted by atomic mass is 9.81. The third-order valence-electron chi connectivity index (χ3n) is 5.53. The van der Waals surface area contributed by atoms with Crippen LogP contribution in [0.15, 0.2) is 42.5 Å². The van der Waals surface area contributed by atoms with E-state index in [4.69, 9.17) is 17.3 Å². The molecule has 0 spiro atoms. The molecule has 1 fully saturated rings. The zero-order valence-corrected chi connectivity index (χ0v) is 16.2. The second-order valence-corrected chi connectivity index (χ2v) is 7.77. The molecule has 1 heterocycles. The third-order valence-corrected chi connectivity index (χ3v) is 5.85. The predicted molar refractivity (Wildman–Crippen MR) is 108 cm³/mol. The largest absolute Gasteiger partial charge is 0.398 e. The van der Waals surface area contributed by atoms with E-state index >= 15 is 0 Å². The van der Waals surface area contributed by atoms with Crippen LogP contribution in [0.5, 0.6) is 0 Å². The summed E-state index contributed by atoms with van der Waals surface area (Å²) < 4.78 is 0. The summed E-state index contributed by atoms with van der Waals surface area (Å²) >= 11 is 6.15. The number of hydrogen-bond acceptors (Lipinski definition) is 3. The van der Waals surface area contributed by atoms with Gasteiger partial charge in [0.05, 0.1) is 22.3 Å². The quantitative estimate of drug-likeness (QED) is 0.767. The van der Waals surface area contributed by atoms with Crippen LogP contribution in [0, 0.1) is 23.2 Å². The van der Waals surface area contributed by atoms with Gasteiger partial charge in [0.2, 0.25) is 5.91 Å². The van der Waals surface area contributed by atoms with Crippen molar-refractivity contribution in [3.8, 4) is 6.07 Å². The highest BCUT2D eigenvalue weighted by Crippen LogP contribution is 2.32. The monoisotopic (exact) mass is 381 g/mol. The number of hydrogen-bond donors (Lipinski definition) is 1. The summed E-state index contributed by atoms with van der Waals surface area (Å²) in [5, 5.41) is 9.98. The van der Waals surface area contributed by atoms with Crippen molar-refractivity contribution in [3.63, 3.8) is 0 Å². The van der Waals surface area contributed by atoms with Gasteiger partial charge in [0.1, 0.15) is 0 Å². The summed E-state index contributed by atoms with van der Waals surface area (Å²) in [6, 6.07) is 15.8. The van der Waals surface area contributed by atoms with Crippen LogP contribution >= 0.6 is 11.6 Å². The van der Waals surface area contributed by atoms with Crippen molar-refractivity contribution >= 4 is 23.2 Å². The number of amides is 1. The molecule has 140 valence electrons. The smallest absolute Gasteiger partial charge is 0.222 e. The molecule has 0 aliphatic carbocycles. The third kappa shape index (κ3) is 4.61. The van der Waals surface area contributed by atoms with Crippen molar-refractivity contribution in [1.82, 2.24) is 4.90 Å². The highest BCUT2D eigenvalue weighted by Gasteiger charge is 2.33. The average Bonchev–Trinajstić information content (AvgIpc) is 3.00. The lowest BCUT2D eigenvalue weighted by Crippen LogP contribution is -2.23. The molecule has 3 rings (SSSR count). The van der Waals surface area contributed by atoms with Gasteiger partial charge in [-0.2, -0.15) is 5.26 Å². The standard InChI is InChI=1S/C22H24ClN3O/c1-26-14-19(12-22(26)27)17(11-16-4-2-3-5-18(16)13-24)8-6-15-7-9-21(25)20(23)10-15/h2-5,7,9-10,17,19H,6,8,11-12,14,25H2,1H3/t17?,19-/m0/s1. The number of aryl methyl sites for hydroxylation is 1. The van der Waals surface area contributed by atoms with Crippen LogP contribution in [0.1, 0.15) is 29.5 Å². The molecule has 1 amide bonds.